The summed E-state index contributed by atoms with van der Waals surface area (Å²) in [6.45, 7) is 8.81. The molecule has 2 atom stereocenters. The first-order chi connectivity index (χ1) is 8.88. The first-order valence-electron chi connectivity index (χ1n) is 6.81. The van der Waals surface area contributed by atoms with Crippen molar-refractivity contribution in [2.75, 3.05) is 5.32 Å². The summed E-state index contributed by atoms with van der Waals surface area (Å²) >= 11 is 0. The average molecular weight is 263 g/mol. The van der Waals surface area contributed by atoms with E-state index in [-0.39, 0.29) is 6.04 Å². The molecule has 1 rings (SSSR count). The molecule has 0 saturated carbocycles. The summed E-state index contributed by atoms with van der Waals surface area (Å²) in [5.74, 6) is 0.692. The summed E-state index contributed by atoms with van der Waals surface area (Å²) in [6, 6.07) is 7.98. The molecular formula is C15H25N3O. The van der Waals surface area contributed by atoms with Crippen molar-refractivity contribution in [3.05, 3.63) is 29.8 Å². The minimum atomic E-state index is -0.538. The lowest BCUT2D eigenvalue weighted by molar-refractivity contribution is 0.259. The number of benzene rings is 1. The Hall–Kier alpha value is -1.55. The summed E-state index contributed by atoms with van der Waals surface area (Å²) in [6.07, 6.45) is 1.16. The van der Waals surface area contributed by atoms with Crippen LogP contribution in [0.5, 0.6) is 0 Å². The summed E-state index contributed by atoms with van der Waals surface area (Å²) in [4.78, 5) is 10.7. The second kappa shape index (κ2) is 7.14. The molecule has 106 valence electrons. The molecule has 2 amide bonds. The molecular weight excluding hydrogens is 238 g/mol. The molecule has 0 radical (unpaired) electrons. The van der Waals surface area contributed by atoms with Crippen molar-refractivity contribution in [1.29, 1.82) is 0 Å². The van der Waals surface area contributed by atoms with Gasteiger partial charge in [-0.3, -0.25) is 0 Å². The number of carbonyl (C=O) groups excluding carboxylic acids is 1. The number of amides is 2. The topological polar surface area (TPSA) is 67.2 Å². The van der Waals surface area contributed by atoms with Crippen LogP contribution in [0.4, 0.5) is 10.5 Å². The van der Waals surface area contributed by atoms with E-state index < -0.39 is 6.03 Å². The van der Waals surface area contributed by atoms with E-state index in [9.17, 15) is 4.79 Å². The number of nitrogens with two attached hydrogens (primary N) is 1. The monoisotopic (exact) mass is 263 g/mol. The minimum Gasteiger partial charge on any atom is -0.351 e. The summed E-state index contributed by atoms with van der Waals surface area (Å²) in [5.41, 5.74) is 6.99. The second-order valence-corrected chi connectivity index (χ2v) is 5.53. The molecule has 0 fully saturated rings. The molecule has 19 heavy (non-hydrogen) atoms. The highest BCUT2D eigenvalue weighted by Crippen LogP contribution is 2.17. The van der Waals surface area contributed by atoms with Gasteiger partial charge in [0.2, 0.25) is 0 Å². The molecule has 0 aromatic heterocycles. The van der Waals surface area contributed by atoms with Gasteiger partial charge < -0.3 is 16.4 Å². The van der Waals surface area contributed by atoms with Gasteiger partial charge in [-0.2, -0.15) is 0 Å². The van der Waals surface area contributed by atoms with Crippen LogP contribution in [-0.4, -0.2) is 12.1 Å². The molecule has 4 N–H and O–H groups in total. The second-order valence-electron chi connectivity index (χ2n) is 5.53. The maximum atomic E-state index is 10.7. The van der Waals surface area contributed by atoms with Crippen LogP contribution in [-0.2, 0) is 0 Å². The average Bonchev–Trinajstić information content (AvgIpc) is 2.27. The number of anilines is 1. The maximum absolute atomic E-state index is 10.7. The Morgan fingerprint density at radius 3 is 2.21 bits per heavy atom. The normalized spacial score (nSPS) is 14.2. The number of hydrogen-bond donors (Lipinski definition) is 3. The molecule has 0 aliphatic rings. The predicted octanol–water partition coefficient (Wildman–Crippen LogP) is 3.26. The van der Waals surface area contributed by atoms with Crippen molar-refractivity contribution in [1.82, 2.24) is 5.32 Å². The van der Waals surface area contributed by atoms with E-state index in [1.54, 1.807) is 0 Å². The fourth-order valence-corrected chi connectivity index (χ4v) is 2.30. The van der Waals surface area contributed by atoms with Gasteiger partial charge in [0.1, 0.15) is 0 Å². The highest BCUT2D eigenvalue weighted by atomic mass is 16.2. The van der Waals surface area contributed by atoms with Gasteiger partial charge in [0.25, 0.3) is 0 Å². The number of nitrogens with one attached hydrogen (secondary N) is 2. The number of urea groups is 1. The van der Waals surface area contributed by atoms with Crippen molar-refractivity contribution in [3.63, 3.8) is 0 Å². The molecule has 0 spiro atoms. The van der Waals surface area contributed by atoms with Crippen LogP contribution in [0.3, 0.4) is 0 Å². The highest BCUT2D eigenvalue weighted by Gasteiger charge is 2.10. The van der Waals surface area contributed by atoms with Crippen molar-refractivity contribution in [3.8, 4) is 0 Å². The fraction of sp³-hybridized carbons (Fsp3) is 0.533. The van der Waals surface area contributed by atoms with Crippen LogP contribution in [0.15, 0.2) is 24.3 Å². The van der Waals surface area contributed by atoms with E-state index in [1.165, 1.54) is 5.56 Å². The van der Waals surface area contributed by atoms with E-state index in [0.717, 1.165) is 12.1 Å². The summed E-state index contributed by atoms with van der Waals surface area (Å²) in [7, 11) is 0. The molecule has 1 aromatic carbocycles. The van der Waals surface area contributed by atoms with Gasteiger partial charge in [0.15, 0.2) is 0 Å². The number of rotatable bonds is 6. The van der Waals surface area contributed by atoms with E-state index in [4.69, 9.17) is 5.73 Å². The Morgan fingerprint density at radius 2 is 1.74 bits per heavy atom. The first kappa shape index (κ1) is 15.5. The SMILES string of the molecule is CC(C)CC(C)NC(C)c1ccc(NC(N)=O)cc1. The van der Waals surface area contributed by atoms with E-state index >= 15 is 0 Å². The van der Waals surface area contributed by atoms with E-state index in [1.807, 2.05) is 24.3 Å². The molecule has 4 nitrogen and oxygen atoms in total. The van der Waals surface area contributed by atoms with Gasteiger partial charge in [0, 0.05) is 17.8 Å². The van der Waals surface area contributed by atoms with Crippen LogP contribution < -0.4 is 16.4 Å². The third-order valence-electron chi connectivity index (χ3n) is 3.04. The van der Waals surface area contributed by atoms with Crippen molar-refractivity contribution < 1.29 is 4.79 Å². The lowest BCUT2D eigenvalue weighted by Crippen LogP contribution is -2.30. The van der Waals surface area contributed by atoms with Gasteiger partial charge in [-0.15, -0.1) is 0 Å². The lowest BCUT2D eigenvalue weighted by atomic mass is 10.0. The predicted molar refractivity (Wildman–Crippen MR) is 80.1 cm³/mol. The minimum absolute atomic E-state index is 0.288. The van der Waals surface area contributed by atoms with E-state index in [0.29, 0.717) is 12.0 Å². The van der Waals surface area contributed by atoms with Gasteiger partial charge in [-0.1, -0.05) is 26.0 Å². The zero-order chi connectivity index (χ0) is 14.4. The number of primary amides is 1. The van der Waals surface area contributed by atoms with Crippen LogP contribution >= 0.6 is 0 Å². The largest absolute Gasteiger partial charge is 0.351 e. The third-order valence-corrected chi connectivity index (χ3v) is 3.04. The van der Waals surface area contributed by atoms with Crippen molar-refractivity contribution in [2.24, 2.45) is 11.7 Å². The molecule has 4 heteroatoms. The Bertz CT molecular complexity index is 400. The molecule has 0 saturated heterocycles. The van der Waals surface area contributed by atoms with Gasteiger partial charge in [0.05, 0.1) is 0 Å². The standard InChI is InChI=1S/C15H25N3O/c1-10(2)9-11(3)17-12(4)13-5-7-14(8-6-13)18-15(16)19/h5-8,10-12,17H,9H2,1-4H3,(H3,16,18,19). The smallest absolute Gasteiger partial charge is 0.316 e. The molecule has 0 bridgehead atoms. The van der Waals surface area contributed by atoms with Crippen LogP contribution in [0.2, 0.25) is 0 Å². The molecule has 0 aliphatic heterocycles. The van der Waals surface area contributed by atoms with Gasteiger partial charge >= 0.3 is 6.03 Å². The van der Waals surface area contributed by atoms with Crippen LogP contribution in [0.1, 0.15) is 45.7 Å². The first-order valence-corrected chi connectivity index (χ1v) is 6.81. The number of carbonyl (C=O) groups is 1. The Labute approximate surface area is 115 Å². The van der Waals surface area contributed by atoms with E-state index in [2.05, 4.69) is 38.3 Å². The molecule has 0 heterocycles. The third kappa shape index (κ3) is 5.75. The zero-order valence-corrected chi connectivity index (χ0v) is 12.2. The van der Waals surface area contributed by atoms with Gasteiger partial charge in [-0.05, 0) is 43.9 Å². The lowest BCUT2D eigenvalue weighted by Gasteiger charge is -2.22. The summed E-state index contributed by atoms with van der Waals surface area (Å²) < 4.78 is 0. The van der Waals surface area contributed by atoms with Crippen LogP contribution in [0, 0.1) is 5.92 Å². The van der Waals surface area contributed by atoms with Crippen LogP contribution in [0.25, 0.3) is 0 Å². The Morgan fingerprint density at radius 1 is 1.16 bits per heavy atom. The molecule has 1 aromatic rings. The van der Waals surface area contributed by atoms with Crippen molar-refractivity contribution in [2.45, 2.75) is 46.2 Å². The number of hydrogen-bond acceptors (Lipinski definition) is 2. The van der Waals surface area contributed by atoms with Crippen molar-refractivity contribution >= 4 is 11.7 Å². The highest BCUT2D eigenvalue weighted by molar-refractivity contribution is 5.87. The Balaban J connectivity index is 2.57. The molecule has 2 unspecified atom stereocenters. The maximum Gasteiger partial charge on any atom is 0.316 e. The fourth-order valence-electron chi connectivity index (χ4n) is 2.30. The quantitative estimate of drug-likeness (QED) is 0.737. The molecule has 0 aliphatic carbocycles. The summed E-state index contributed by atoms with van der Waals surface area (Å²) in [5, 5.41) is 6.13. The zero-order valence-electron chi connectivity index (χ0n) is 12.2. The Kier molecular flexibility index (Phi) is 5.83. The van der Waals surface area contributed by atoms with Gasteiger partial charge in [-0.25, -0.2) is 4.79 Å².